The normalized spacial score (nSPS) is 14.6. The summed E-state index contributed by atoms with van der Waals surface area (Å²) >= 11 is 0. The van der Waals surface area contributed by atoms with Crippen LogP contribution in [0.1, 0.15) is 30.1 Å². The van der Waals surface area contributed by atoms with Crippen LogP contribution in [0.15, 0.2) is 18.5 Å². The quantitative estimate of drug-likeness (QED) is 0.839. The molecule has 0 atom stereocenters. The van der Waals surface area contributed by atoms with E-state index in [0.29, 0.717) is 11.6 Å². The molecule has 1 fully saturated rings. The highest BCUT2D eigenvalue weighted by Gasteiger charge is 2.32. The van der Waals surface area contributed by atoms with E-state index in [9.17, 15) is 4.79 Å². The Morgan fingerprint density at radius 2 is 2.38 bits per heavy atom. The minimum absolute atomic E-state index is 0.0856. The van der Waals surface area contributed by atoms with E-state index in [1.54, 1.807) is 12.4 Å². The maximum Gasteiger partial charge on any atom is 0.257 e. The third-order valence-electron chi connectivity index (χ3n) is 2.91. The second-order valence-electron chi connectivity index (χ2n) is 3.99. The monoisotopic (exact) mass is 219 g/mol. The third-order valence-corrected chi connectivity index (χ3v) is 2.91. The first kappa shape index (κ1) is 10.9. The molecule has 4 heteroatoms. The lowest BCUT2D eigenvalue weighted by Crippen LogP contribution is -2.33. The second kappa shape index (κ2) is 4.51. The van der Waals surface area contributed by atoms with E-state index in [2.05, 4.69) is 10.3 Å². The number of amides is 1. The number of carbonyl (C=O) groups is 1. The summed E-state index contributed by atoms with van der Waals surface area (Å²) in [7, 11) is 1.82. The Hall–Kier alpha value is -1.58. The summed E-state index contributed by atoms with van der Waals surface area (Å²) in [6, 6.07) is 2.27. The molecule has 0 aromatic carbocycles. The number of anilines is 1. The first-order valence-electron chi connectivity index (χ1n) is 5.70. The van der Waals surface area contributed by atoms with Crippen LogP contribution in [0.25, 0.3) is 0 Å². The Balaban J connectivity index is 2.24. The van der Waals surface area contributed by atoms with E-state index < -0.39 is 0 Å². The van der Waals surface area contributed by atoms with E-state index >= 15 is 0 Å². The second-order valence-corrected chi connectivity index (χ2v) is 3.99. The van der Waals surface area contributed by atoms with Crippen LogP contribution in [-0.2, 0) is 0 Å². The SMILES string of the molecule is CCN(C(=O)c1cnccc1NC)C1CC1. The molecule has 0 spiro atoms. The maximum absolute atomic E-state index is 12.3. The topological polar surface area (TPSA) is 45.2 Å². The lowest BCUT2D eigenvalue weighted by molar-refractivity contribution is 0.0753. The lowest BCUT2D eigenvalue weighted by Gasteiger charge is -2.21. The zero-order valence-electron chi connectivity index (χ0n) is 9.73. The Kier molecular flexibility index (Phi) is 3.08. The van der Waals surface area contributed by atoms with Gasteiger partial charge in [-0.1, -0.05) is 0 Å². The van der Waals surface area contributed by atoms with Gasteiger partial charge in [0.15, 0.2) is 0 Å². The summed E-state index contributed by atoms with van der Waals surface area (Å²) in [5, 5.41) is 3.03. The number of nitrogens with one attached hydrogen (secondary N) is 1. The minimum atomic E-state index is 0.0856. The van der Waals surface area contributed by atoms with Gasteiger partial charge in [-0.05, 0) is 25.8 Å². The van der Waals surface area contributed by atoms with E-state index in [0.717, 1.165) is 25.1 Å². The molecule has 1 N–H and O–H groups in total. The van der Waals surface area contributed by atoms with Gasteiger partial charge in [-0.15, -0.1) is 0 Å². The standard InChI is InChI=1S/C12H17N3O/c1-3-15(9-4-5-9)12(16)10-8-14-7-6-11(10)13-2/h6-9H,3-5H2,1-2H3,(H,13,14). The van der Waals surface area contributed by atoms with Crippen molar-refractivity contribution in [2.45, 2.75) is 25.8 Å². The van der Waals surface area contributed by atoms with Crippen LogP contribution in [0.2, 0.25) is 0 Å². The molecule has 86 valence electrons. The number of carbonyl (C=O) groups excluding carboxylic acids is 1. The van der Waals surface area contributed by atoms with E-state index in [1.165, 1.54) is 0 Å². The Morgan fingerprint density at radius 3 is 2.94 bits per heavy atom. The molecule has 0 radical (unpaired) electrons. The van der Waals surface area contributed by atoms with Crippen molar-refractivity contribution in [3.63, 3.8) is 0 Å². The van der Waals surface area contributed by atoms with Crippen molar-refractivity contribution in [3.05, 3.63) is 24.0 Å². The zero-order valence-corrected chi connectivity index (χ0v) is 9.73. The van der Waals surface area contributed by atoms with Crippen molar-refractivity contribution in [2.24, 2.45) is 0 Å². The average molecular weight is 219 g/mol. The molecule has 0 bridgehead atoms. The van der Waals surface area contributed by atoms with Crippen LogP contribution < -0.4 is 5.32 Å². The minimum Gasteiger partial charge on any atom is -0.387 e. The molecule has 1 aromatic heterocycles. The highest BCUT2D eigenvalue weighted by atomic mass is 16.2. The first-order chi connectivity index (χ1) is 7.77. The van der Waals surface area contributed by atoms with Gasteiger partial charge in [-0.3, -0.25) is 9.78 Å². The predicted molar refractivity (Wildman–Crippen MR) is 63.5 cm³/mol. The van der Waals surface area contributed by atoms with Crippen molar-refractivity contribution >= 4 is 11.6 Å². The summed E-state index contributed by atoms with van der Waals surface area (Å²) in [6.07, 6.45) is 5.60. The number of nitrogens with zero attached hydrogens (tertiary/aromatic N) is 2. The number of aromatic nitrogens is 1. The van der Waals surface area contributed by atoms with Crippen LogP contribution in [0, 0.1) is 0 Å². The van der Waals surface area contributed by atoms with Crippen molar-refractivity contribution in [1.29, 1.82) is 0 Å². The van der Waals surface area contributed by atoms with Crippen LogP contribution in [-0.4, -0.2) is 35.4 Å². The number of hydrogen-bond donors (Lipinski definition) is 1. The van der Waals surface area contributed by atoms with Gasteiger partial charge < -0.3 is 10.2 Å². The summed E-state index contributed by atoms with van der Waals surface area (Å²) in [5.74, 6) is 0.0856. The van der Waals surface area contributed by atoms with Crippen LogP contribution >= 0.6 is 0 Å². The molecule has 1 aromatic rings. The van der Waals surface area contributed by atoms with Gasteiger partial charge in [-0.25, -0.2) is 0 Å². The van der Waals surface area contributed by atoms with Gasteiger partial charge in [-0.2, -0.15) is 0 Å². The molecule has 1 amide bonds. The highest BCUT2D eigenvalue weighted by Crippen LogP contribution is 2.29. The molecule has 0 unspecified atom stereocenters. The molecular formula is C12H17N3O. The van der Waals surface area contributed by atoms with E-state index in [4.69, 9.17) is 0 Å². The van der Waals surface area contributed by atoms with Gasteiger partial charge in [0.05, 0.1) is 5.56 Å². The van der Waals surface area contributed by atoms with Crippen LogP contribution in [0.3, 0.4) is 0 Å². The third kappa shape index (κ3) is 2.01. The summed E-state index contributed by atoms with van der Waals surface area (Å²) in [6.45, 7) is 2.78. The van der Waals surface area contributed by atoms with Crippen LogP contribution in [0.5, 0.6) is 0 Å². The molecule has 1 aliphatic rings. The van der Waals surface area contributed by atoms with E-state index in [1.807, 2.05) is 24.9 Å². The summed E-state index contributed by atoms with van der Waals surface area (Å²) < 4.78 is 0. The molecule has 16 heavy (non-hydrogen) atoms. The van der Waals surface area contributed by atoms with Gasteiger partial charge in [0.2, 0.25) is 0 Å². The molecule has 1 heterocycles. The van der Waals surface area contributed by atoms with E-state index in [-0.39, 0.29) is 5.91 Å². The van der Waals surface area contributed by atoms with Crippen LogP contribution in [0.4, 0.5) is 5.69 Å². The van der Waals surface area contributed by atoms with Gasteiger partial charge in [0.25, 0.3) is 5.91 Å². The Morgan fingerprint density at radius 1 is 1.62 bits per heavy atom. The largest absolute Gasteiger partial charge is 0.387 e. The van der Waals surface area contributed by atoms with Gasteiger partial charge in [0.1, 0.15) is 0 Å². The molecular weight excluding hydrogens is 202 g/mol. The number of hydrogen-bond acceptors (Lipinski definition) is 3. The fourth-order valence-electron chi connectivity index (χ4n) is 1.89. The Labute approximate surface area is 95.7 Å². The maximum atomic E-state index is 12.3. The molecule has 0 aliphatic heterocycles. The van der Waals surface area contributed by atoms with Crippen molar-refractivity contribution in [1.82, 2.24) is 9.88 Å². The number of pyridine rings is 1. The lowest BCUT2D eigenvalue weighted by atomic mass is 10.2. The van der Waals surface area contributed by atoms with Gasteiger partial charge in [0, 0.05) is 37.7 Å². The smallest absolute Gasteiger partial charge is 0.257 e. The molecule has 1 saturated carbocycles. The van der Waals surface area contributed by atoms with Gasteiger partial charge >= 0.3 is 0 Å². The zero-order chi connectivity index (χ0) is 11.5. The fourth-order valence-corrected chi connectivity index (χ4v) is 1.89. The first-order valence-corrected chi connectivity index (χ1v) is 5.70. The summed E-state index contributed by atoms with van der Waals surface area (Å²) in [5.41, 5.74) is 1.51. The molecule has 1 aliphatic carbocycles. The van der Waals surface area contributed by atoms with Crippen molar-refractivity contribution in [2.75, 3.05) is 18.9 Å². The highest BCUT2D eigenvalue weighted by molar-refractivity contribution is 5.99. The summed E-state index contributed by atoms with van der Waals surface area (Å²) in [4.78, 5) is 18.2. The fraction of sp³-hybridized carbons (Fsp3) is 0.500. The molecule has 2 rings (SSSR count). The Bertz CT molecular complexity index is 388. The number of rotatable bonds is 4. The molecule has 0 saturated heterocycles. The molecule has 4 nitrogen and oxygen atoms in total. The van der Waals surface area contributed by atoms with Crippen molar-refractivity contribution < 1.29 is 4.79 Å². The predicted octanol–water partition coefficient (Wildman–Crippen LogP) is 1.75. The van der Waals surface area contributed by atoms with Crippen molar-refractivity contribution in [3.8, 4) is 0 Å². The average Bonchev–Trinajstić information content (AvgIpc) is 3.14.